The Balaban J connectivity index is 0.00000243. The van der Waals surface area contributed by atoms with Crippen LogP contribution in [-0.4, -0.2) is 55.8 Å². The van der Waals surface area contributed by atoms with Gasteiger partial charge in [0.15, 0.2) is 0 Å². The number of sulfonamides is 1. The highest BCUT2D eigenvalue weighted by molar-refractivity contribution is 7.89. The van der Waals surface area contributed by atoms with Crippen molar-refractivity contribution in [3.8, 4) is 0 Å². The quantitative estimate of drug-likeness (QED) is 0.809. The van der Waals surface area contributed by atoms with E-state index in [-0.39, 0.29) is 35.2 Å². The molecule has 2 atom stereocenters. The second-order valence-electron chi connectivity index (χ2n) is 6.81. The monoisotopic (exact) mass is 421 g/mol. The van der Waals surface area contributed by atoms with Crippen LogP contribution in [0.5, 0.6) is 0 Å². The number of benzene rings is 1. The number of hydrogen-bond donors (Lipinski definition) is 1. The number of nitrogens with two attached hydrogens (primary N) is 1. The molecule has 1 amide bonds. The number of halogens is 2. The molecule has 9 heteroatoms. The average Bonchev–Trinajstić information content (AvgIpc) is 2.61. The summed E-state index contributed by atoms with van der Waals surface area (Å²) in [5, 5.41) is 0.392. The van der Waals surface area contributed by atoms with Crippen LogP contribution in [0.25, 0.3) is 0 Å². The van der Waals surface area contributed by atoms with E-state index in [0.717, 1.165) is 25.7 Å². The Kier molecular flexibility index (Phi) is 7.33. The first kappa shape index (κ1) is 21.4. The van der Waals surface area contributed by atoms with Crippen molar-refractivity contribution >= 4 is 39.9 Å². The van der Waals surface area contributed by atoms with E-state index < -0.39 is 10.0 Å². The SMILES string of the molecule is Cl.NC1CCCC(C(=O)N2CCN(S(=O)(=O)c3cccc(Cl)c3)CC2)C1. The fraction of sp³-hybridized carbons (Fsp3) is 0.588. The van der Waals surface area contributed by atoms with E-state index in [0.29, 0.717) is 31.2 Å². The van der Waals surface area contributed by atoms with Crippen LogP contribution in [0.3, 0.4) is 0 Å². The van der Waals surface area contributed by atoms with Gasteiger partial charge in [0, 0.05) is 43.2 Å². The standard InChI is InChI=1S/C17H24ClN3O3S.ClH/c18-14-4-2-6-16(12-14)25(23,24)21-9-7-20(8-10-21)17(22)13-3-1-5-15(19)11-13;/h2,4,6,12-13,15H,1,3,5,7-11,19H2;1H. The fourth-order valence-electron chi connectivity index (χ4n) is 3.64. The van der Waals surface area contributed by atoms with Gasteiger partial charge in [0.25, 0.3) is 0 Å². The van der Waals surface area contributed by atoms with E-state index in [1.165, 1.54) is 10.4 Å². The smallest absolute Gasteiger partial charge is 0.243 e. The highest BCUT2D eigenvalue weighted by Gasteiger charge is 2.34. The van der Waals surface area contributed by atoms with Crippen LogP contribution in [0.4, 0.5) is 0 Å². The number of piperazine rings is 1. The predicted octanol–water partition coefficient (Wildman–Crippen LogP) is 2.11. The van der Waals surface area contributed by atoms with Crippen LogP contribution in [0.2, 0.25) is 5.02 Å². The zero-order chi connectivity index (χ0) is 18.0. The summed E-state index contributed by atoms with van der Waals surface area (Å²) in [5.41, 5.74) is 5.98. The molecule has 0 spiro atoms. The van der Waals surface area contributed by atoms with Crippen LogP contribution in [-0.2, 0) is 14.8 Å². The topological polar surface area (TPSA) is 83.7 Å². The van der Waals surface area contributed by atoms with E-state index in [9.17, 15) is 13.2 Å². The Hall–Kier alpha value is -0.860. The van der Waals surface area contributed by atoms with Gasteiger partial charge in [0.2, 0.25) is 15.9 Å². The van der Waals surface area contributed by atoms with Crippen molar-refractivity contribution < 1.29 is 13.2 Å². The molecule has 1 aromatic rings. The molecule has 2 N–H and O–H groups in total. The summed E-state index contributed by atoms with van der Waals surface area (Å²) in [6.45, 7) is 1.45. The molecule has 146 valence electrons. The highest BCUT2D eigenvalue weighted by Crippen LogP contribution is 2.26. The molecule has 0 bridgehead atoms. The Morgan fingerprint density at radius 3 is 2.46 bits per heavy atom. The number of amides is 1. The minimum Gasteiger partial charge on any atom is -0.340 e. The second kappa shape index (κ2) is 8.89. The molecule has 2 aliphatic rings. The molecule has 6 nitrogen and oxygen atoms in total. The molecule has 3 rings (SSSR count). The van der Waals surface area contributed by atoms with Gasteiger partial charge in [0.1, 0.15) is 0 Å². The highest BCUT2D eigenvalue weighted by atomic mass is 35.5. The summed E-state index contributed by atoms with van der Waals surface area (Å²) in [4.78, 5) is 14.6. The van der Waals surface area contributed by atoms with Gasteiger partial charge in [-0.15, -0.1) is 12.4 Å². The van der Waals surface area contributed by atoms with Crippen LogP contribution < -0.4 is 5.73 Å². The molecular formula is C17H25Cl2N3O3S. The van der Waals surface area contributed by atoms with Gasteiger partial charge < -0.3 is 10.6 Å². The summed E-state index contributed by atoms with van der Waals surface area (Å²) in [6.07, 6.45) is 3.59. The lowest BCUT2D eigenvalue weighted by Gasteiger charge is -2.37. The number of rotatable bonds is 3. The van der Waals surface area contributed by atoms with Gasteiger partial charge in [-0.3, -0.25) is 4.79 Å². The van der Waals surface area contributed by atoms with Crippen LogP contribution in [0.15, 0.2) is 29.2 Å². The first-order chi connectivity index (χ1) is 11.9. The average molecular weight is 422 g/mol. The first-order valence-electron chi connectivity index (χ1n) is 8.68. The summed E-state index contributed by atoms with van der Waals surface area (Å²) >= 11 is 5.91. The summed E-state index contributed by atoms with van der Waals surface area (Å²) in [6, 6.07) is 6.38. The number of hydrogen-bond acceptors (Lipinski definition) is 4. The predicted molar refractivity (Wildman–Crippen MR) is 104 cm³/mol. The largest absolute Gasteiger partial charge is 0.340 e. The number of nitrogens with zero attached hydrogens (tertiary/aromatic N) is 2. The second-order valence-corrected chi connectivity index (χ2v) is 9.18. The van der Waals surface area contributed by atoms with Gasteiger partial charge in [-0.2, -0.15) is 4.31 Å². The normalized spacial score (nSPS) is 24.8. The van der Waals surface area contributed by atoms with Gasteiger partial charge in [0.05, 0.1) is 4.90 Å². The van der Waals surface area contributed by atoms with E-state index in [2.05, 4.69) is 0 Å². The zero-order valence-corrected chi connectivity index (χ0v) is 16.9. The molecule has 1 heterocycles. The number of carbonyl (C=O) groups is 1. The molecule has 26 heavy (non-hydrogen) atoms. The maximum Gasteiger partial charge on any atom is 0.243 e. The molecule has 1 saturated carbocycles. The molecular weight excluding hydrogens is 397 g/mol. The summed E-state index contributed by atoms with van der Waals surface area (Å²) in [5.74, 6) is 0.106. The van der Waals surface area contributed by atoms with Gasteiger partial charge in [-0.1, -0.05) is 24.1 Å². The third-order valence-corrected chi connectivity index (χ3v) is 7.18. The maximum absolute atomic E-state index is 12.7. The Morgan fingerprint density at radius 2 is 1.85 bits per heavy atom. The Bertz CT molecular complexity index is 737. The Morgan fingerprint density at radius 1 is 1.15 bits per heavy atom. The molecule has 1 aliphatic carbocycles. The van der Waals surface area contributed by atoms with Gasteiger partial charge in [-0.25, -0.2) is 8.42 Å². The third kappa shape index (κ3) is 4.70. The Labute approximate surface area is 166 Å². The van der Waals surface area contributed by atoms with Crippen LogP contribution in [0.1, 0.15) is 25.7 Å². The lowest BCUT2D eigenvalue weighted by atomic mass is 9.85. The summed E-state index contributed by atoms with van der Waals surface area (Å²) in [7, 11) is -3.58. The van der Waals surface area contributed by atoms with Crippen molar-refractivity contribution in [2.45, 2.75) is 36.6 Å². The van der Waals surface area contributed by atoms with Crippen LogP contribution in [0, 0.1) is 5.92 Å². The van der Waals surface area contributed by atoms with Crippen molar-refractivity contribution in [2.24, 2.45) is 11.7 Å². The summed E-state index contributed by atoms with van der Waals surface area (Å²) < 4.78 is 26.8. The van der Waals surface area contributed by atoms with E-state index in [1.54, 1.807) is 23.1 Å². The lowest BCUT2D eigenvalue weighted by molar-refractivity contribution is -0.137. The molecule has 2 fully saturated rings. The van der Waals surface area contributed by atoms with Crippen molar-refractivity contribution in [3.63, 3.8) is 0 Å². The zero-order valence-electron chi connectivity index (χ0n) is 14.5. The molecule has 1 saturated heterocycles. The van der Waals surface area contributed by atoms with Crippen molar-refractivity contribution in [3.05, 3.63) is 29.3 Å². The van der Waals surface area contributed by atoms with Crippen molar-refractivity contribution in [1.29, 1.82) is 0 Å². The van der Waals surface area contributed by atoms with Crippen molar-refractivity contribution in [2.75, 3.05) is 26.2 Å². The molecule has 2 unspecified atom stereocenters. The minimum absolute atomic E-state index is 0. The molecule has 1 aliphatic heterocycles. The minimum atomic E-state index is -3.58. The maximum atomic E-state index is 12.7. The third-order valence-electron chi connectivity index (χ3n) is 5.05. The fourth-order valence-corrected chi connectivity index (χ4v) is 5.36. The first-order valence-corrected chi connectivity index (χ1v) is 10.5. The molecule has 0 aromatic heterocycles. The number of carbonyl (C=O) groups excluding carboxylic acids is 1. The lowest BCUT2D eigenvalue weighted by Crippen LogP contribution is -2.52. The van der Waals surface area contributed by atoms with E-state index in [4.69, 9.17) is 17.3 Å². The van der Waals surface area contributed by atoms with E-state index in [1.807, 2.05) is 0 Å². The molecule has 1 aromatic carbocycles. The van der Waals surface area contributed by atoms with Gasteiger partial charge in [-0.05, 0) is 37.5 Å². The molecule has 0 radical (unpaired) electrons. The van der Waals surface area contributed by atoms with Crippen molar-refractivity contribution in [1.82, 2.24) is 9.21 Å². The van der Waals surface area contributed by atoms with Gasteiger partial charge >= 0.3 is 0 Å². The van der Waals surface area contributed by atoms with E-state index >= 15 is 0 Å². The van der Waals surface area contributed by atoms with Crippen LogP contribution >= 0.6 is 24.0 Å².